The standard InChI is InChI=1S/C23H25ClN4O3/c1-15-17(24)11-8-12-18(15)25-21-27-20(29)19(26-22(30)31-23(2,3)4)14-28(21)13-16-9-6-5-7-10-16/h5-12,14H,13H2,1-4H3,(H,26,30)(H,25,27,29). The quantitative estimate of drug-likeness (QED) is 0.559. The summed E-state index contributed by atoms with van der Waals surface area (Å²) < 4.78 is 7.01. The Morgan fingerprint density at radius 1 is 1.10 bits per heavy atom. The Morgan fingerprint density at radius 3 is 2.48 bits per heavy atom. The van der Waals surface area contributed by atoms with Crippen LogP contribution in [0.3, 0.4) is 0 Å². The number of anilines is 3. The summed E-state index contributed by atoms with van der Waals surface area (Å²) >= 11 is 6.23. The maximum Gasteiger partial charge on any atom is 0.412 e. The zero-order chi connectivity index (χ0) is 22.6. The van der Waals surface area contributed by atoms with Gasteiger partial charge in [-0.2, -0.15) is 4.98 Å². The minimum atomic E-state index is -0.718. The monoisotopic (exact) mass is 440 g/mol. The lowest BCUT2D eigenvalue weighted by Crippen LogP contribution is -2.30. The van der Waals surface area contributed by atoms with Crippen LogP contribution in [-0.2, 0) is 11.3 Å². The number of carbonyl (C=O) groups excluding carboxylic acids is 1. The summed E-state index contributed by atoms with van der Waals surface area (Å²) in [5.41, 5.74) is 1.32. The van der Waals surface area contributed by atoms with Crippen molar-refractivity contribution in [1.29, 1.82) is 0 Å². The van der Waals surface area contributed by atoms with Gasteiger partial charge in [0.15, 0.2) is 0 Å². The van der Waals surface area contributed by atoms with Crippen molar-refractivity contribution in [3.05, 3.63) is 81.2 Å². The SMILES string of the molecule is Cc1c(Cl)cccc1Nc1nc(=O)c(NC(=O)OC(C)(C)C)cn1Cc1ccccc1. The first-order valence-corrected chi connectivity index (χ1v) is 10.2. The summed E-state index contributed by atoms with van der Waals surface area (Å²) in [6.07, 6.45) is 0.832. The Labute approximate surface area is 186 Å². The summed E-state index contributed by atoms with van der Waals surface area (Å²) in [5, 5.41) is 6.29. The molecule has 3 aromatic rings. The third kappa shape index (κ3) is 6.08. The predicted octanol–water partition coefficient (Wildman–Crippen LogP) is 5.34. The molecular formula is C23H25ClN4O3. The highest BCUT2D eigenvalue weighted by Gasteiger charge is 2.19. The molecule has 0 bridgehead atoms. The fraction of sp³-hybridized carbons (Fsp3) is 0.261. The van der Waals surface area contributed by atoms with Crippen molar-refractivity contribution >= 4 is 35.0 Å². The molecule has 8 heteroatoms. The number of hydrogen-bond donors (Lipinski definition) is 2. The average molecular weight is 441 g/mol. The van der Waals surface area contributed by atoms with Gasteiger partial charge in [0.25, 0.3) is 5.56 Å². The van der Waals surface area contributed by atoms with Gasteiger partial charge in [-0.05, 0) is 51.0 Å². The molecule has 0 aliphatic heterocycles. The van der Waals surface area contributed by atoms with Gasteiger partial charge in [0, 0.05) is 16.9 Å². The number of carbonyl (C=O) groups is 1. The number of amides is 1. The smallest absolute Gasteiger partial charge is 0.412 e. The first-order chi connectivity index (χ1) is 14.6. The van der Waals surface area contributed by atoms with Gasteiger partial charge in [-0.25, -0.2) is 4.79 Å². The van der Waals surface area contributed by atoms with E-state index in [-0.39, 0.29) is 5.69 Å². The van der Waals surface area contributed by atoms with E-state index in [1.807, 2.05) is 49.4 Å². The van der Waals surface area contributed by atoms with E-state index in [0.717, 1.165) is 16.8 Å². The molecule has 0 saturated carbocycles. The van der Waals surface area contributed by atoms with Gasteiger partial charge in [-0.1, -0.05) is 48.0 Å². The second kappa shape index (κ2) is 9.22. The Balaban J connectivity index is 1.99. The highest BCUT2D eigenvalue weighted by molar-refractivity contribution is 6.31. The van der Waals surface area contributed by atoms with Crippen LogP contribution in [0.25, 0.3) is 0 Å². The molecule has 0 atom stereocenters. The fourth-order valence-electron chi connectivity index (χ4n) is 2.86. The molecule has 0 spiro atoms. The summed E-state index contributed by atoms with van der Waals surface area (Å²) in [7, 11) is 0. The lowest BCUT2D eigenvalue weighted by Gasteiger charge is -2.20. The molecule has 1 heterocycles. The van der Waals surface area contributed by atoms with Crippen LogP contribution in [0.15, 0.2) is 59.5 Å². The van der Waals surface area contributed by atoms with E-state index in [1.165, 1.54) is 0 Å². The fourth-order valence-corrected chi connectivity index (χ4v) is 3.03. The van der Waals surface area contributed by atoms with Crippen molar-refractivity contribution in [2.75, 3.05) is 10.6 Å². The highest BCUT2D eigenvalue weighted by atomic mass is 35.5. The number of ether oxygens (including phenoxy) is 1. The third-order valence-corrected chi connectivity index (χ3v) is 4.75. The molecule has 3 rings (SSSR count). The van der Waals surface area contributed by atoms with Gasteiger partial charge in [0.1, 0.15) is 11.3 Å². The average Bonchev–Trinajstić information content (AvgIpc) is 2.68. The van der Waals surface area contributed by atoms with Gasteiger partial charge >= 0.3 is 6.09 Å². The Hall–Kier alpha value is -3.32. The maximum atomic E-state index is 12.6. The van der Waals surface area contributed by atoms with Crippen molar-refractivity contribution in [2.45, 2.75) is 39.8 Å². The van der Waals surface area contributed by atoms with Crippen LogP contribution in [0.1, 0.15) is 31.9 Å². The largest absolute Gasteiger partial charge is 0.444 e. The molecule has 0 radical (unpaired) electrons. The first-order valence-electron chi connectivity index (χ1n) is 9.80. The molecule has 0 saturated heterocycles. The van der Waals surface area contributed by atoms with E-state index in [0.29, 0.717) is 17.5 Å². The first kappa shape index (κ1) is 22.4. The van der Waals surface area contributed by atoms with Crippen LogP contribution < -0.4 is 16.2 Å². The molecule has 162 valence electrons. The van der Waals surface area contributed by atoms with Gasteiger partial charge in [-0.3, -0.25) is 10.1 Å². The molecule has 0 aliphatic rings. The molecule has 2 N–H and O–H groups in total. The Bertz CT molecular complexity index is 1140. The van der Waals surface area contributed by atoms with Gasteiger partial charge < -0.3 is 14.6 Å². The van der Waals surface area contributed by atoms with Crippen molar-refractivity contribution in [1.82, 2.24) is 9.55 Å². The summed E-state index contributed by atoms with van der Waals surface area (Å²) in [4.78, 5) is 29.0. The van der Waals surface area contributed by atoms with E-state index in [9.17, 15) is 9.59 Å². The van der Waals surface area contributed by atoms with E-state index in [2.05, 4.69) is 15.6 Å². The third-order valence-electron chi connectivity index (χ3n) is 4.34. The Kier molecular flexibility index (Phi) is 6.65. The molecule has 1 aromatic heterocycles. The van der Waals surface area contributed by atoms with Crippen molar-refractivity contribution in [3.63, 3.8) is 0 Å². The number of benzene rings is 2. The zero-order valence-electron chi connectivity index (χ0n) is 17.9. The summed E-state index contributed by atoms with van der Waals surface area (Å²) in [6, 6.07) is 15.2. The summed E-state index contributed by atoms with van der Waals surface area (Å²) in [5.74, 6) is 0.328. The summed E-state index contributed by atoms with van der Waals surface area (Å²) in [6.45, 7) is 7.55. The maximum absolute atomic E-state index is 12.6. The van der Waals surface area contributed by atoms with Crippen molar-refractivity contribution < 1.29 is 9.53 Å². The topological polar surface area (TPSA) is 85.2 Å². The second-order valence-corrected chi connectivity index (χ2v) is 8.47. The molecule has 0 unspecified atom stereocenters. The number of nitrogens with one attached hydrogen (secondary N) is 2. The number of nitrogens with zero attached hydrogens (tertiary/aromatic N) is 2. The molecule has 31 heavy (non-hydrogen) atoms. The normalized spacial score (nSPS) is 11.1. The van der Waals surface area contributed by atoms with Gasteiger partial charge in [0.05, 0.1) is 6.54 Å². The molecule has 1 amide bonds. The number of halogens is 1. The van der Waals surface area contributed by atoms with Crippen LogP contribution in [0.2, 0.25) is 5.02 Å². The Morgan fingerprint density at radius 2 is 1.81 bits per heavy atom. The molecule has 0 fully saturated rings. The van der Waals surface area contributed by atoms with E-state index in [4.69, 9.17) is 16.3 Å². The van der Waals surface area contributed by atoms with Crippen molar-refractivity contribution in [2.24, 2.45) is 0 Å². The van der Waals surface area contributed by atoms with E-state index in [1.54, 1.807) is 37.6 Å². The predicted molar refractivity (Wildman–Crippen MR) is 123 cm³/mol. The van der Waals surface area contributed by atoms with Gasteiger partial charge in [-0.15, -0.1) is 0 Å². The van der Waals surface area contributed by atoms with E-state index < -0.39 is 17.3 Å². The molecule has 7 nitrogen and oxygen atoms in total. The lowest BCUT2D eigenvalue weighted by atomic mass is 10.2. The van der Waals surface area contributed by atoms with Gasteiger partial charge in [0.2, 0.25) is 5.95 Å². The lowest BCUT2D eigenvalue weighted by molar-refractivity contribution is 0.0635. The van der Waals surface area contributed by atoms with Crippen LogP contribution >= 0.6 is 11.6 Å². The molecular weight excluding hydrogens is 416 g/mol. The second-order valence-electron chi connectivity index (χ2n) is 8.06. The molecule has 2 aromatic carbocycles. The van der Waals surface area contributed by atoms with Crippen LogP contribution in [-0.4, -0.2) is 21.2 Å². The number of hydrogen-bond acceptors (Lipinski definition) is 5. The van der Waals surface area contributed by atoms with Crippen molar-refractivity contribution in [3.8, 4) is 0 Å². The minimum Gasteiger partial charge on any atom is -0.444 e. The minimum absolute atomic E-state index is 0.0264. The van der Waals surface area contributed by atoms with E-state index >= 15 is 0 Å². The molecule has 0 aliphatic carbocycles. The van der Waals surface area contributed by atoms with Crippen LogP contribution in [0.4, 0.5) is 22.1 Å². The van der Waals surface area contributed by atoms with Crippen LogP contribution in [0.5, 0.6) is 0 Å². The number of aromatic nitrogens is 2. The van der Waals surface area contributed by atoms with Crippen LogP contribution in [0, 0.1) is 6.92 Å². The zero-order valence-corrected chi connectivity index (χ0v) is 18.7. The number of rotatable bonds is 5. The highest BCUT2D eigenvalue weighted by Crippen LogP contribution is 2.26.